The largest absolute Gasteiger partial charge is 2.00 e. The fraction of sp³-hybridized carbons (Fsp3) is 0. The van der Waals surface area contributed by atoms with Gasteiger partial charge in [-0.1, -0.05) is 71.8 Å². The Morgan fingerprint density at radius 1 is 0.556 bits per heavy atom. The predicted molar refractivity (Wildman–Crippen MR) is 117 cm³/mol. The third-order valence-electron chi connectivity index (χ3n) is 3.49. The molecule has 0 atom stereocenters. The van der Waals surface area contributed by atoms with Crippen LogP contribution in [0.4, 0.5) is 0 Å². The standard InChI is InChI=1S/2C12H9.2ClH.Zr/c2*1-2-6-11(7-3-1)10-12-8-4-5-9-12;;;/h2*1-8,10H;2*1H;/q2*-1;;;+2. The Kier molecular flexibility index (Phi) is 13.5. The van der Waals surface area contributed by atoms with Gasteiger partial charge in [-0.25, -0.2) is 0 Å². The van der Waals surface area contributed by atoms with E-state index in [4.69, 9.17) is 0 Å². The van der Waals surface area contributed by atoms with Crippen molar-refractivity contribution in [2.45, 2.75) is 0 Å². The van der Waals surface area contributed by atoms with Crippen molar-refractivity contribution in [1.82, 2.24) is 0 Å². The van der Waals surface area contributed by atoms with Crippen LogP contribution in [0.1, 0.15) is 11.1 Å². The molecule has 0 unspecified atom stereocenters. The van der Waals surface area contributed by atoms with Crippen molar-refractivity contribution >= 4 is 37.0 Å². The van der Waals surface area contributed by atoms with Crippen LogP contribution in [0, 0.1) is 12.2 Å². The summed E-state index contributed by atoms with van der Waals surface area (Å²) in [4.78, 5) is 0. The van der Waals surface area contributed by atoms with E-state index in [-0.39, 0.29) is 51.0 Å². The molecule has 0 radical (unpaired) electrons. The minimum atomic E-state index is 0. The zero-order chi connectivity index (χ0) is 16.5. The first kappa shape index (κ1) is 25.3. The first-order valence-corrected chi connectivity index (χ1v) is 7.96. The molecule has 2 aromatic carbocycles. The minimum Gasteiger partial charge on any atom is -0.177 e. The van der Waals surface area contributed by atoms with E-state index < -0.39 is 0 Å². The zero-order valence-corrected chi connectivity index (χ0v) is 18.8. The Morgan fingerprint density at radius 3 is 1.22 bits per heavy atom. The van der Waals surface area contributed by atoms with Gasteiger partial charge in [-0.3, -0.25) is 0 Å². The third kappa shape index (κ3) is 9.20. The summed E-state index contributed by atoms with van der Waals surface area (Å²) in [6.07, 6.45) is 22.4. The quantitative estimate of drug-likeness (QED) is 0.422. The van der Waals surface area contributed by atoms with Crippen molar-refractivity contribution in [1.29, 1.82) is 0 Å². The smallest absolute Gasteiger partial charge is 0.177 e. The van der Waals surface area contributed by atoms with Gasteiger partial charge in [-0.2, -0.15) is 47.6 Å². The Bertz CT molecular complexity index is 741. The molecule has 0 N–H and O–H groups in total. The number of allylic oxidation sites excluding steroid dienone is 10. The first-order chi connectivity index (χ1) is 11.9. The molecule has 0 fully saturated rings. The molecule has 0 aromatic heterocycles. The molecular formula is C24H20Cl2Zr. The molecule has 134 valence electrons. The summed E-state index contributed by atoms with van der Waals surface area (Å²) < 4.78 is 0. The van der Waals surface area contributed by atoms with Crippen LogP contribution in [-0.2, 0) is 26.2 Å². The molecule has 0 spiro atoms. The van der Waals surface area contributed by atoms with E-state index in [1.165, 1.54) is 11.1 Å². The van der Waals surface area contributed by atoms with Crippen molar-refractivity contribution in [2.24, 2.45) is 0 Å². The average Bonchev–Trinajstić information content (AvgIpc) is 3.32. The van der Waals surface area contributed by atoms with Gasteiger partial charge in [0.25, 0.3) is 0 Å². The third-order valence-corrected chi connectivity index (χ3v) is 3.49. The number of hydrogen-bond acceptors (Lipinski definition) is 0. The number of hydrogen-bond donors (Lipinski definition) is 0. The van der Waals surface area contributed by atoms with Gasteiger partial charge in [0.1, 0.15) is 0 Å². The second-order valence-electron chi connectivity index (χ2n) is 5.36. The number of benzene rings is 2. The summed E-state index contributed by atoms with van der Waals surface area (Å²) in [5, 5.41) is 0. The number of rotatable bonds is 2. The molecule has 27 heavy (non-hydrogen) atoms. The van der Waals surface area contributed by atoms with Gasteiger partial charge in [0.2, 0.25) is 0 Å². The summed E-state index contributed by atoms with van der Waals surface area (Å²) >= 11 is 0. The van der Waals surface area contributed by atoms with Gasteiger partial charge in [-0.05, 0) is 0 Å². The van der Waals surface area contributed by atoms with Crippen LogP contribution in [0.25, 0.3) is 12.2 Å². The maximum Gasteiger partial charge on any atom is 2.00 e. The van der Waals surface area contributed by atoms with E-state index in [9.17, 15) is 0 Å². The van der Waals surface area contributed by atoms with Crippen LogP contribution >= 0.6 is 24.8 Å². The second kappa shape index (κ2) is 14.4. The summed E-state index contributed by atoms with van der Waals surface area (Å²) in [5.41, 5.74) is 4.72. The van der Waals surface area contributed by atoms with Gasteiger partial charge >= 0.3 is 26.2 Å². The van der Waals surface area contributed by atoms with E-state index in [1.807, 2.05) is 72.9 Å². The molecule has 2 aliphatic rings. The fourth-order valence-electron chi connectivity index (χ4n) is 2.33. The maximum atomic E-state index is 3.13. The fourth-order valence-corrected chi connectivity index (χ4v) is 2.33. The van der Waals surface area contributed by atoms with Gasteiger partial charge in [0.15, 0.2) is 0 Å². The molecule has 3 heteroatoms. The van der Waals surface area contributed by atoms with Crippen molar-refractivity contribution in [3.05, 3.63) is 132 Å². The molecule has 0 heterocycles. The average molecular weight is 471 g/mol. The molecule has 0 aliphatic heterocycles. The molecule has 0 amide bonds. The first-order valence-electron chi connectivity index (χ1n) is 7.96. The number of halogens is 2. The minimum absolute atomic E-state index is 0. The summed E-state index contributed by atoms with van der Waals surface area (Å²) in [6.45, 7) is 0. The second-order valence-corrected chi connectivity index (χ2v) is 5.36. The molecule has 2 aliphatic carbocycles. The van der Waals surface area contributed by atoms with Crippen LogP contribution < -0.4 is 0 Å². The van der Waals surface area contributed by atoms with Crippen molar-refractivity contribution in [3.63, 3.8) is 0 Å². The van der Waals surface area contributed by atoms with Gasteiger partial charge < -0.3 is 0 Å². The monoisotopic (exact) mass is 468 g/mol. The molecule has 2 aromatic rings. The van der Waals surface area contributed by atoms with Crippen LogP contribution in [0.15, 0.2) is 108 Å². The molecular weight excluding hydrogens is 450 g/mol. The zero-order valence-electron chi connectivity index (χ0n) is 14.7. The maximum absolute atomic E-state index is 3.13. The van der Waals surface area contributed by atoms with Crippen LogP contribution in [0.5, 0.6) is 0 Å². The van der Waals surface area contributed by atoms with Crippen LogP contribution in [-0.4, -0.2) is 0 Å². The van der Waals surface area contributed by atoms with E-state index in [1.54, 1.807) is 0 Å². The molecule has 0 nitrogen and oxygen atoms in total. The predicted octanol–water partition coefficient (Wildman–Crippen LogP) is 6.84. The summed E-state index contributed by atoms with van der Waals surface area (Å²) in [5.74, 6) is 0. The Hall–Kier alpha value is -1.66. The van der Waals surface area contributed by atoms with Crippen molar-refractivity contribution in [2.75, 3.05) is 0 Å². The van der Waals surface area contributed by atoms with E-state index >= 15 is 0 Å². The van der Waals surface area contributed by atoms with E-state index in [0.717, 1.165) is 11.1 Å². The SMILES string of the molecule is Cl.Cl.[C-]1=CC=CC1=Cc1ccccc1.[C-]1=CC=CC1=Cc1ccccc1.[Zr+2]. The van der Waals surface area contributed by atoms with E-state index in [0.29, 0.717) is 0 Å². The van der Waals surface area contributed by atoms with Gasteiger partial charge in [-0.15, -0.1) is 49.1 Å². The molecule has 0 saturated heterocycles. The molecule has 0 bridgehead atoms. The Balaban J connectivity index is 0.000000451. The van der Waals surface area contributed by atoms with E-state index in [2.05, 4.69) is 48.6 Å². The molecule has 4 rings (SSSR count). The Labute approximate surface area is 193 Å². The summed E-state index contributed by atoms with van der Waals surface area (Å²) in [7, 11) is 0. The molecule has 0 saturated carbocycles. The van der Waals surface area contributed by atoms with Crippen LogP contribution in [0.3, 0.4) is 0 Å². The topological polar surface area (TPSA) is 0 Å². The van der Waals surface area contributed by atoms with Crippen LogP contribution in [0.2, 0.25) is 0 Å². The van der Waals surface area contributed by atoms with Crippen molar-refractivity contribution < 1.29 is 26.2 Å². The summed E-state index contributed by atoms with van der Waals surface area (Å²) in [6, 6.07) is 20.5. The van der Waals surface area contributed by atoms with Gasteiger partial charge in [0, 0.05) is 0 Å². The Morgan fingerprint density at radius 2 is 0.926 bits per heavy atom. The normalized spacial score (nSPS) is 15.6. The van der Waals surface area contributed by atoms with Crippen molar-refractivity contribution in [3.8, 4) is 0 Å². The van der Waals surface area contributed by atoms with Gasteiger partial charge in [0.05, 0.1) is 0 Å².